The average Bonchev–Trinajstić information content (AvgIpc) is 3.36. The number of unbranched alkanes of at least 4 members (excludes halogenated alkanes) is 2. The number of benzene rings is 6. The Balaban J connectivity index is 0.000000298. The van der Waals surface area contributed by atoms with Crippen LogP contribution in [0.1, 0.15) is 38.5 Å². The third-order valence-corrected chi connectivity index (χ3v) is 13.2. The fraction of sp³-hybridized carbons (Fsp3) is 0.200. The van der Waals surface area contributed by atoms with Gasteiger partial charge in [0.05, 0.1) is 26.3 Å². The highest BCUT2D eigenvalue weighted by molar-refractivity contribution is 7.91. The van der Waals surface area contributed by atoms with E-state index < -0.39 is 19.7 Å². The molecule has 6 aromatic rings. The Morgan fingerprint density at radius 2 is 0.635 bits per heavy atom. The monoisotopic (exact) mass is 1050 g/mol. The summed E-state index contributed by atoms with van der Waals surface area (Å²) in [6.45, 7) is 1.39. The van der Waals surface area contributed by atoms with Crippen molar-refractivity contribution < 1.29 is 35.9 Å². The zero-order valence-electron chi connectivity index (χ0n) is 40.7. The van der Waals surface area contributed by atoms with E-state index >= 15 is 0 Å². The second-order valence-corrected chi connectivity index (χ2v) is 19.5. The number of hydrogen-bond acceptors (Lipinski definition) is 16. The maximum atomic E-state index is 12.9. The van der Waals surface area contributed by atoms with E-state index in [4.69, 9.17) is 55.3 Å². The lowest BCUT2D eigenvalue weighted by Crippen LogP contribution is -2.37. The largest absolute Gasteiger partial charge is 0.457 e. The van der Waals surface area contributed by atoms with Crippen LogP contribution in [0.5, 0.6) is 23.0 Å². The van der Waals surface area contributed by atoms with Crippen LogP contribution in [0.25, 0.3) is 0 Å². The zero-order valence-corrected chi connectivity index (χ0v) is 42.3. The lowest BCUT2D eigenvalue weighted by molar-refractivity contribution is -0.123. The Labute approximate surface area is 431 Å². The summed E-state index contributed by atoms with van der Waals surface area (Å²) in [5, 5.41) is 5.24. The molecule has 22 N–H and O–H groups in total. The SMILES string of the molecule is NC(N)=NCCCCC(=O)NCNC(=O)CCCCN=C(N)N.NCN.Nc1ccc(Oc2ccc(S(=O)(=O)c3ccc(Oc4ccc(N)cc4)cc3)cc2)cc1.Nc1ccc(S(=O)(=O)c2ccc(N)cc2)cc1. The predicted octanol–water partition coefficient (Wildman–Crippen LogP) is 3.88. The Morgan fingerprint density at radius 1 is 0.405 bits per heavy atom. The Hall–Kier alpha value is -8.58. The molecule has 0 saturated heterocycles. The van der Waals surface area contributed by atoms with Gasteiger partial charge in [-0.05, 0) is 171 Å². The Kier molecular flexibility index (Phi) is 25.0. The van der Waals surface area contributed by atoms with E-state index in [-0.39, 0.29) is 56.7 Å². The first-order valence-corrected chi connectivity index (χ1v) is 25.7. The quantitative estimate of drug-likeness (QED) is 0.0170. The molecule has 0 aliphatic carbocycles. The number of nitrogens with one attached hydrogen (secondary N) is 2. The van der Waals surface area contributed by atoms with Crippen molar-refractivity contribution in [2.75, 3.05) is 49.4 Å². The van der Waals surface area contributed by atoms with Gasteiger partial charge in [0, 0.05) is 55.3 Å². The van der Waals surface area contributed by atoms with Gasteiger partial charge in [-0.2, -0.15) is 0 Å². The molecular weight excluding hydrogens is 989 g/mol. The number of ether oxygens (including phenoxy) is 2. The second kappa shape index (κ2) is 31.0. The van der Waals surface area contributed by atoms with Gasteiger partial charge in [0.1, 0.15) is 23.0 Å². The molecule has 0 aliphatic heterocycles. The Morgan fingerprint density at radius 3 is 0.892 bits per heavy atom. The summed E-state index contributed by atoms with van der Waals surface area (Å²) >= 11 is 0. The summed E-state index contributed by atoms with van der Waals surface area (Å²) in [4.78, 5) is 31.4. The van der Waals surface area contributed by atoms with E-state index in [0.29, 0.717) is 84.5 Å². The van der Waals surface area contributed by atoms with Gasteiger partial charge in [0.2, 0.25) is 31.5 Å². The van der Waals surface area contributed by atoms with E-state index in [2.05, 4.69) is 32.1 Å². The third kappa shape index (κ3) is 22.2. The minimum atomic E-state index is -3.67. The van der Waals surface area contributed by atoms with Gasteiger partial charge in [-0.15, -0.1) is 0 Å². The molecule has 0 heterocycles. The molecule has 24 heteroatoms. The smallest absolute Gasteiger partial charge is 0.221 e. The van der Waals surface area contributed by atoms with Crippen LogP contribution < -0.4 is 77.4 Å². The molecule has 0 saturated carbocycles. The van der Waals surface area contributed by atoms with Gasteiger partial charge in [0.15, 0.2) is 11.9 Å². The van der Waals surface area contributed by atoms with Crippen molar-refractivity contribution in [3.63, 3.8) is 0 Å². The molecule has 0 aliphatic rings. The summed E-state index contributed by atoms with van der Waals surface area (Å²) < 4.78 is 61.6. The van der Waals surface area contributed by atoms with E-state index in [0.717, 1.165) is 12.8 Å². The van der Waals surface area contributed by atoms with Gasteiger partial charge >= 0.3 is 0 Å². The summed E-state index contributed by atoms with van der Waals surface area (Å²) in [7, 11) is -7.16. The van der Waals surface area contributed by atoms with Gasteiger partial charge < -0.3 is 77.4 Å². The molecule has 0 unspecified atom stereocenters. The fourth-order valence-corrected chi connectivity index (χ4v) is 8.43. The Bertz CT molecular complexity index is 2730. The number of aliphatic imine (C=N–C) groups is 2. The van der Waals surface area contributed by atoms with Gasteiger partial charge in [0.25, 0.3) is 0 Å². The maximum absolute atomic E-state index is 12.9. The van der Waals surface area contributed by atoms with Crippen molar-refractivity contribution in [3.05, 3.63) is 146 Å². The van der Waals surface area contributed by atoms with Crippen LogP contribution in [0, 0.1) is 0 Å². The van der Waals surface area contributed by atoms with Gasteiger partial charge in [-0.25, -0.2) is 16.8 Å². The molecule has 6 aromatic carbocycles. The standard InChI is InChI=1S/C24H20N2O4S.C13H28N8O2.C12H12N2O2S.CH6N2/c25-17-1-5-19(6-2-17)29-21-9-13-23(14-10-21)31(27,28)24-15-11-22(12-16-24)30-20-7-3-18(26)4-8-20;14-12(15)18-7-3-1-5-10(22)20-9-21-11(23)6-2-4-8-19-13(16)17;13-9-1-5-11(6-2-9)17(15,16)12-7-3-10(14)4-8-12;2-1-3/h1-16H,25-26H2;1-9H2,(H,20,22)(H,21,23)(H4,14,15,18)(H4,16,17,19);1-8H,13-14H2;1-3H2. The van der Waals surface area contributed by atoms with Crippen molar-refractivity contribution in [1.82, 2.24) is 10.6 Å². The molecular formula is C50H66N14O8S2. The molecule has 6 rings (SSSR count). The van der Waals surface area contributed by atoms with Crippen LogP contribution >= 0.6 is 0 Å². The second-order valence-electron chi connectivity index (χ2n) is 15.6. The summed E-state index contributed by atoms with van der Waals surface area (Å²) in [6.07, 6.45) is 3.56. The van der Waals surface area contributed by atoms with Crippen LogP contribution in [0.3, 0.4) is 0 Å². The fourth-order valence-electron chi connectivity index (χ4n) is 5.91. The number of sulfone groups is 2. The highest BCUT2D eigenvalue weighted by atomic mass is 32.2. The zero-order chi connectivity index (χ0) is 54.5. The van der Waals surface area contributed by atoms with Crippen LogP contribution in [0.15, 0.2) is 175 Å². The molecule has 2 amide bonds. The van der Waals surface area contributed by atoms with Crippen LogP contribution in [-0.4, -0.2) is 67.0 Å². The lowest BCUT2D eigenvalue weighted by atomic mass is 10.2. The van der Waals surface area contributed by atoms with Crippen molar-refractivity contribution in [1.29, 1.82) is 0 Å². The average molecular weight is 1060 g/mol. The summed E-state index contributed by atoms with van der Waals surface area (Å²) in [5.74, 6) is 2.13. The molecule has 0 radical (unpaired) electrons. The highest BCUT2D eigenvalue weighted by Gasteiger charge is 2.19. The number of nitrogen functional groups attached to an aromatic ring is 4. The first-order chi connectivity index (χ1) is 35.2. The molecule has 0 aromatic heterocycles. The molecule has 0 spiro atoms. The minimum Gasteiger partial charge on any atom is -0.457 e. The van der Waals surface area contributed by atoms with E-state index in [1.165, 1.54) is 48.5 Å². The first-order valence-electron chi connectivity index (χ1n) is 22.8. The molecule has 0 fully saturated rings. The summed E-state index contributed by atoms with van der Waals surface area (Å²) in [6, 6.07) is 38.6. The van der Waals surface area contributed by atoms with E-state index in [9.17, 15) is 26.4 Å². The van der Waals surface area contributed by atoms with E-state index in [1.54, 1.807) is 97.1 Å². The molecule has 0 bridgehead atoms. The number of carbonyl (C=O) groups is 2. The number of guanidine groups is 2. The number of nitrogens with zero attached hydrogens (tertiary/aromatic N) is 2. The molecule has 22 nitrogen and oxygen atoms in total. The van der Waals surface area contributed by atoms with Crippen molar-refractivity contribution in [3.8, 4) is 23.0 Å². The molecule has 396 valence electrons. The van der Waals surface area contributed by atoms with Crippen LogP contribution in [0.4, 0.5) is 22.7 Å². The number of anilines is 4. The summed E-state index contributed by atoms with van der Waals surface area (Å²) in [5.41, 5.74) is 54.7. The van der Waals surface area contributed by atoms with Crippen molar-refractivity contribution >= 4 is 66.2 Å². The number of rotatable bonds is 20. The van der Waals surface area contributed by atoms with Gasteiger partial charge in [-0.1, -0.05) is 0 Å². The third-order valence-electron chi connectivity index (χ3n) is 9.66. The van der Waals surface area contributed by atoms with E-state index in [1.807, 2.05) is 0 Å². The van der Waals surface area contributed by atoms with Gasteiger partial charge in [-0.3, -0.25) is 19.6 Å². The maximum Gasteiger partial charge on any atom is 0.221 e. The first kappa shape index (κ1) is 59.7. The predicted molar refractivity (Wildman–Crippen MR) is 291 cm³/mol. The van der Waals surface area contributed by atoms with Crippen LogP contribution in [-0.2, 0) is 29.3 Å². The van der Waals surface area contributed by atoms with Crippen LogP contribution in [0.2, 0.25) is 0 Å². The normalized spacial score (nSPS) is 10.5. The lowest BCUT2D eigenvalue weighted by Gasteiger charge is -2.09. The molecule has 74 heavy (non-hydrogen) atoms. The van der Waals surface area contributed by atoms with Crippen molar-refractivity contribution in [2.24, 2.45) is 44.4 Å². The topological polar surface area (TPSA) is 430 Å². The number of amides is 2. The minimum absolute atomic E-state index is 0.0514. The van der Waals surface area contributed by atoms with Crippen molar-refractivity contribution in [2.45, 2.75) is 58.1 Å². The number of carbonyl (C=O) groups excluding carboxylic acids is 2. The molecule has 0 atom stereocenters. The number of hydrogen-bond donors (Lipinski definition) is 12. The highest BCUT2D eigenvalue weighted by Crippen LogP contribution is 2.29. The number of nitrogens with two attached hydrogens (primary N) is 10.